The van der Waals surface area contributed by atoms with Crippen LogP contribution >= 0.6 is 0 Å². The first kappa shape index (κ1) is 15.5. The Morgan fingerprint density at radius 2 is 1.95 bits per heavy atom. The number of sulfonamides is 1. The third-order valence-electron chi connectivity index (χ3n) is 5.08. The molecule has 1 aliphatic heterocycles. The first-order valence-electron chi connectivity index (χ1n) is 7.59. The van der Waals surface area contributed by atoms with Crippen molar-refractivity contribution < 1.29 is 13.2 Å². The molecule has 0 aromatic carbocycles. The van der Waals surface area contributed by atoms with E-state index in [-0.39, 0.29) is 22.5 Å². The Labute approximate surface area is 130 Å². The maximum absolute atomic E-state index is 12.3. The summed E-state index contributed by atoms with van der Waals surface area (Å²) in [5, 5.41) is 0.0587. The standard InChI is InChI=1S/C14H22N4O3S/c1-17-9-12(15-10-17)22(20,21)16-11-3-6-14(7-4-11)8-5-13(19)18(14)2/h9-11,16H,3-8H2,1-2H3. The summed E-state index contributed by atoms with van der Waals surface area (Å²) in [6.45, 7) is 0. The molecule has 0 atom stereocenters. The number of amides is 1. The molecule has 0 radical (unpaired) electrons. The first-order valence-corrected chi connectivity index (χ1v) is 9.08. The normalized spacial score (nSPS) is 29.5. The van der Waals surface area contributed by atoms with E-state index in [0.717, 1.165) is 32.1 Å². The van der Waals surface area contributed by atoms with Gasteiger partial charge in [-0.3, -0.25) is 4.79 Å². The summed E-state index contributed by atoms with van der Waals surface area (Å²) in [5.74, 6) is 0.201. The van der Waals surface area contributed by atoms with Gasteiger partial charge in [0.05, 0.1) is 6.33 Å². The summed E-state index contributed by atoms with van der Waals surface area (Å²) < 4.78 is 28.9. The zero-order chi connectivity index (χ0) is 16.0. The molecule has 3 rings (SSSR count). The molecule has 0 unspecified atom stereocenters. The highest BCUT2D eigenvalue weighted by Gasteiger charge is 2.45. The molecule has 122 valence electrons. The molecule has 0 bridgehead atoms. The molecule has 2 fully saturated rings. The van der Waals surface area contributed by atoms with Gasteiger partial charge in [0.25, 0.3) is 10.0 Å². The van der Waals surface area contributed by atoms with E-state index in [4.69, 9.17) is 0 Å². The van der Waals surface area contributed by atoms with E-state index >= 15 is 0 Å². The second kappa shape index (κ2) is 5.34. The van der Waals surface area contributed by atoms with E-state index in [1.54, 1.807) is 11.6 Å². The number of likely N-dealkylation sites (tertiary alicyclic amines) is 1. The SMILES string of the molecule is CN1C(=O)CCC12CCC(NS(=O)(=O)c1cn(C)cn1)CC2. The van der Waals surface area contributed by atoms with Gasteiger partial charge < -0.3 is 9.47 Å². The van der Waals surface area contributed by atoms with Crippen molar-refractivity contribution in [1.82, 2.24) is 19.2 Å². The van der Waals surface area contributed by atoms with Gasteiger partial charge in [0.2, 0.25) is 5.91 Å². The molecule has 1 aromatic heterocycles. The molecule has 1 saturated heterocycles. The second-order valence-electron chi connectivity index (χ2n) is 6.45. The van der Waals surface area contributed by atoms with Crippen LogP contribution in [0.5, 0.6) is 0 Å². The summed E-state index contributed by atoms with van der Waals surface area (Å²) in [5.41, 5.74) is -0.0516. The number of imidazole rings is 1. The fourth-order valence-electron chi connectivity index (χ4n) is 3.61. The molecule has 8 heteroatoms. The van der Waals surface area contributed by atoms with Crippen LogP contribution < -0.4 is 4.72 Å². The van der Waals surface area contributed by atoms with Crippen LogP contribution in [0.25, 0.3) is 0 Å². The first-order chi connectivity index (χ1) is 10.3. The van der Waals surface area contributed by atoms with Crippen LogP contribution in [0, 0.1) is 0 Å². The zero-order valence-corrected chi connectivity index (χ0v) is 13.8. The number of carbonyl (C=O) groups excluding carboxylic acids is 1. The average molecular weight is 326 g/mol. The molecule has 2 heterocycles. The van der Waals surface area contributed by atoms with Gasteiger partial charge in [0.1, 0.15) is 0 Å². The highest BCUT2D eigenvalue weighted by atomic mass is 32.2. The Bertz CT molecular complexity index is 674. The van der Waals surface area contributed by atoms with Gasteiger partial charge in [-0.2, -0.15) is 0 Å². The van der Waals surface area contributed by atoms with Crippen LogP contribution in [0.3, 0.4) is 0 Å². The van der Waals surface area contributed by atoms with Crippen LogP contribution in [-0.2, 0) is 21.9 Å². The third kappa shape index (κ3) is 2.65. The molecule has 7 nitrogen and oxygen atoms in total. The maximum Gasteiger partial charge on any atom is 0.259 e. The van der Waals surface area contributed by atoms with Gasteiger partial charge in [-0.15, -0.1) is 0 Å². The van der Waals surface area contributed by atoms with Crippen LogP contribution in [0.15, 0.2) is 17.6 Å². The van der Waals surface area contributed by atoms with Crippen molar-refractivity contribution in [2.45, 2.75) is 55.1 Å². The van der Waals surface area contributed by atoms with E-state index in [1.165, 1.54) is 12.5 Å². The number of nitrogens with one attached hydrogen (secondary N) is 1. The molecule has 1 spiro atoms. The monoisotopic (exact) mass is 326 g/mol. The van der Waals surface area contributed by atoms with Crippen molar-refractivity contribution in [3.8, 4) is 0 Å². The lowest BCUT2D eigenvalue weighted by Gasteiger charge is -2.42. The van der Waals surface area contributed by atoms with Crippen molar-refractivity contribution in [2.24, 2.45) is 7.05 Å². The number of carbonyl (C=O) groups is 1. The minimum absolute atomic E-state index is 0.0516. The van der Waals surface area contributed by atoms with Crippen molar-refractivity contribution in [3.05, 3.63) is 12.5 Å². The van der Waals surface area contributed by atoms with Gasteiger partial charge in [-0.1, -0.05) is 0 Å². The topological polar surface area (TPSA) is 84.3 Å². The quantitative estimate of drug-likeness (QED) is 0.883. The minimum Gasteiger partial charge on any atom is -0.340 e. The molecule has 22 heavy (non-hydrogen) atoms. The summed E-state index contributed by atoms with van der Waals surface area (Å²) >= 11 is 0. The summed E-state index contributed by atoms with van der Waals surface area (Å²) in [6.07, 6.45) is 7.69. The summed E-state index contributed by atoms with van der Waals surface area (Å²) in [4.78, 5) is 17.5. The Balaban J connectivity index is 1.64. The van der Waals surface area contributed by atoms with Gasteiger partial charge in [-0.25, -0.2) is 18.1 Å². The Morgan fingerprint density at radius 3 is 2.45 bits per heavy atom. The largest absolute Gasteiger partial charge is 0.340 e. The Morgan fingerprint density at radius 1 is 1.27 bits per heavy atom. The smallest absolute Gasteiger partial charge is 0.259 e. The van der Waals surface area contributed by atoms with E-state index in [1.807, 2.05) is 11.9 Å². The van der Waals surface area contributed by atoms with Crippen LogP contribution in [0.4, 0.5) is 0 Å². The number of nitrogens with zero attached hydrogens (tertiary/aromatic N) is 3. The van der Waals surface area contributed by atoms with E-state index in [2.05, 4.69) is 9.71 Å². The van der Waals surface area contributed by atoms with Crippen LogP contribution in [0.1, 0.15) is 38.5 Å². The molecule has 1 saturated carbocycles. The van der Waals surface area contributed by atoms with Crippen LogP contribution in [0.2, 0.25) is 0 Å². The second-order valence-corrected chi connectivity index (χ2v) is 8.11. The molecular formula is C14H22N4O3S. The lowest BCUT2D eigenvalue weighted by atomic mass is 9.78. The minimum atomic E-state index is -3.56. The highest BCUT2D eigenvalue weighted by Crippen LogP contribution is 2.41. The lowest BCUT2D eigenvalue weighted by molar-refractivity contribution is -0.130. The predicted octanol–water partition coefficient (Wildman–Crippen LogP) is 0.632. The number of rotatable bonds is 3. The summed E-state index contributed by atoms with van der Waals surface area (Å²) in [7, 11) is 0.0472. The zero-order valence-electron chi connectivity index (χ0n) is 12.9. The fourth-order valence-corrected chi connectivity index (χ4v) is 4.89. The Kier molecular flexibility index (Phi) is 3.76. The van der Waals surface area contributed by atoms with Crippen LogP contribution in [-0.4, -0.2) is 47.4 Å². The number of aryl methyl sites for hydroxylation is 1. The molecule has 2 aliphatic rings. The van der Waals surface area contributed by atoms with Crippen molar-refractivity contribution in [2.75, 3.05) is 7.05 Å². The third-order valence-corrected chi connectivity index (χ3v) is 6.49. The van der Waals surface area contributed by atoms with Gasteiger partial charge >= 0.3 is 0 Å². The van der Waals surface area contributed by atoms with E-state index in [9.17, 15) is 13.2 Å². The van der Waals surface area contributed by atoms with Crippen molar-refractivity contribution in [3.63, 3.8) is 0 Å². The average Bonchev–Trinajstić information content (AvgIpc) is 3.02. The number of hydrogen-bond acceptors (Lipinski definition) is 4. The molecular weight excluding hydrogens is 304 g/mol. The lowest BCUT2D eigenvalue weighted by Crippen LogP contribution is -2.49. The Hall–Kier alpha value is -1.41. The fraction of sp³-hybridized carbons (Fsp3) is 0.714. The van der Waals surface area contributed by atoms with E-state index in [0.29, 0.717) is 6.42 Å². The van der Waals surface area contributed by atoms with Gasteiger partial charge in [0.15, 0.2) is 5.03 Å². The summed E-state index contributed by atoms with van der Waals surface area (Å²) in [6, 6.07) is -0.0817. The molecule has 1 N–H and O–H groups in total. The number of aromatic nitrogens is 2. The van der Waals surface area contributed by atoms with Crippen molar-refractivity contribution >= 4 is 15.9 Å². The molecule has 1 amide bonds. The maximum atomic E-state index is 12.3. The predicted molar refractivity (Wildman–Crippen MR) is 80.5 cm³/mol. The van der Waals surface area contributed by atoms with E-state index < -0.39 is 10.0 Å². The van der Waals surface area contributed by atoms with Gasteiger partial charge in [-0.05, 0) is 32.1 Å². The van der Waals surface area contributed by atoms with Gasteiger partial charge in [0, 0.05) is 38.3 Å². The molecule has 1 aliphatic carbocycles. The van der Waals surface area contributed by atoms with Crippen molar-refractivity contribution in [1.29, 1.82) is 0 Å². The molecule has 1 aromatic rings. The number of hydrogen-bond donors (Lipinski definition) is 1. The highest BCUT2D eigenvalue weighted by molar-refractivity contribution is 7.89.